The number of halogens is 1. The minimum Gasteiger partial charge on any atom is -0.335 e. The number of hydrogen-bond donors (Lipinski definition) is 0. The van der Waals surface area contributed by atoms with Crippen molar-refractivity contribution in [2.45, 2.75) is 25.3 Å². The fourth-order valence-electron chi connectivity index (χ4n) is 2.90. The summed E-state index contributed by atoms with van der Waals surface area (Å²) in [5, 5.41) is 0.361. The standard InChI is InChI=1S/C17H17ClN2O/c18-16-12-14(8-9-19-16)17(21)20-10-4-7-15(20)11-13-5-2-1-3-6-13/h1-3,5-6,8-9,12,15H,4,7,10-11H2. The van der Waals surface area contributed by atoms with Gasteiger partial charge >= 0.3 is 0 Å². The Hall–Kier alpha value is -1.87. The van der Waals surface area contributed by atoms with Gasteiger partial charge in [0, 0.05) is 24.3 Å². The van der Waals surface area contributed by atoms with Gasteiger partial charge in [0.05, 0.1) is 0 Å². The van der Waals surface area contributed by atoms with Crippen LogP contribution in [0.25, 0.3) is 0 Å². The molecule has 108 valence electrons. The van der Waals surface area contributed by atoms with E-state index in [1.54, 1.807) is 18.3 Å². The van der Waals surface area contributed by atoms with Gasteiger partial charge in [0.25, 0.3) is 5.91 Å². The average molecular weight is 301 g/mol. The molecule has 1 unspecified atom stereocenters. The largest absolute Gasteiger partial charge is 0.335 e. The number of likely N-dealkylation sites (tertiary alicyclic amines) is 1. The van der Waals surface area contributed by atoms with Crippen LogP contribution in [0, 0.1) is 0 Å². The molecule has 1 aromatic heterocycles. The van der Waals surface area contributed by atoms with E-state index in [9.17, 15) is 4.79 Å². The Morgan fingerprint density at radius 1 is 1.29 bits per heavy atom. The zero-order valence-corrected chi connectivity index (χ0v) is 12.5. The maximum absolute atomic E-state index is 12.6. The quantitative estimate of drug-likeness (QED) is 0.812. The summed E-state index contributed by atoms with van der Waals surface area (Å²) in [7, 11) is 0. The number of carbonyl (C=O) groups is 1. The fourth-order valence-corrected chi connectivity index (χ4v) is 3.08. The predicted octanol–water partition coefficient (Wildman–Crippen LogP) is 3.58. The van der Waals surface area contributed by atoms with Crippen molar-refractivity contribution in [3.63, 3.8) is 0 Å². The van der Waals surface area contributed by atoms with Crippen molar-refractivity contribution in [2.24, 2.45) is 0 Å². The van der Waals surface area contributed by atoms with Gasteiger partial charge in [0.15, 0.2) is 0 Å². The molecule has 1 aliphatic rings. The lowest BCUT2D eigenvalue weighted by atomic mass is 10.0. The van der Waals surface area contributed by atoms with E-state index in [0.717, 1.165) is 25.8 Å². The van der Waals surface area contributed by atoms with E-state index in [1.807, 2.05) is 23.1 Å². The molecule has 0 bridgehead atoms. The van der Waals surface area contributed by atoms with Crippen molar-refractivity contribution in [1.29, 1.82) is 0 Å². The van der Waals surface area contributed by atoms with E-state index in [-0.39, 0.29) is 11.9 Å². The molecule has 2 heterocycles. The van der Waals surface area contributed by atoms with Crippen LogP contribution in [0.2, 0.25) is 5.15 Å². The number of hydrogen-bond acceptors (Lipinski definition) is 2. The lowest BCUT2D eigenvalue weighted by Crippen LogP contribution is -2.36. The zero-order valence-electron chi connectivity index (χ0n) is 11.7. The Kier molecular flexibility index (Phi) is 4.20. The first-order valence-corrected chi connectivity index (χ1v) is 7.58. The minimum absolute atomic E-state index is 0.0535. The van der Waals surface area contributed by atoms with Gasteiger partial charge < -0.3 is 4.90 Å². The van der Waals surface area contributed by atoms with Crippen molar-refractivity contribution < 1.29 is 4.79 Å². The van der Waals surface area contributed by atoms with E-state index in [1.165, 1.54) is 5.56 Å². The van der Waals surface area contributed by atoms with Crippen LogP contribution in [0.3, 0.4) is 0 Å². The van der Waals surface area contributed by atoms with Crippen LogP contribution in [0.5, 0.6) is 0 Å². The van der Waals surface area contributed by atoms with Crippen LogP contribution < -0.4 is 0 Å². The van der Waals surface area contributed by atoms with Gasteiger partial charge in [-0.25, -0.2) is 4.98 Å². The highest BCUT2D eigenvalue weighted by atomic mass is 35.5. The average Bonchev–Trinajstić information content (AvgIpc) is 2.95. The van der Waals surface area contributed by atoms with Gasteiger partial charge in [-0.15, -0.1) is 0 Å². The lowest BCUT2D eigenvalue weighted by Gasteiger charge is -2.25. The first-order valence-electron chi connectivity index (χ1n) is 7.20. The van der Waals surface area contributed by atoms with Gasteiger partial charge in [-0.1, -0.05) is 41.9 Å². The van der Waals surface area contributed by atoms with Crippen LogP contribution in [0.1, 0.15) is 28.8 Å². The maximum atomic E-state index is 12.6. The summed E-state index contributed by atoms with van der Waals surface area (Å²) in [5.74, 6) is 0.0535. The molecule has 1 atom stereocenters. The van der Waals surface area contributed by atoms with E-state index < -0.39 is 0 Å². The zero-order chi connectivity index (χ0) is 14.7. The highest BCUT2D eigenvalue weighted by molar-refractivity contribution is 6.29. The molecular formula is C17H17ClN2O. The highest BCUT2D eigenvalue weighted by Gasteiger charge is 2.29. The van der Waals surface area contributed by atoms with Crippen LogP contribution in [-0.4, -0.2) is 28.4 Å². The van der Waals surface area contributed by atoms with Gasteiger partial charge in [0.2, 0.25) is 0 Å². The molecule has 0 N–H and O–H groups in total. The summed E-state index contributed by atoms with van der Waals surface area (Å²) in [6.45, 7) is 0.816. The Morgan fingerprint density at radius 3 is 2.86 bits per heavy atom. The Morgan fingerprint density at radius 2 is 2.10 bits per heavy atom. The van der Waals surface area contributed by atoms with E-state index >= 15 is 0 Å². The molecule has 0 saturated carbocycles. The third kappa shape index (κ3) is 3.24. The Balaban J connectivity index is 1.76. The van der Waals surface area contributed by atoms with E-state index in [4.69, 9.17) is 11.6 Å². The second kappa shape index (κ2) is 6.27. The van der Waals surface area contributed by atoms with Crippen LogP contribution >= 0.6 is 11.6 Å². The van der Waals surface area contributed by atoms with E-state index in [0.29, 0.717) is 10.7 Å². The summed E-state index contributed by atoms with van der Waals surface area (Å²) < 4.78 is 0. The second-order valence-electron chi connectivity index (χ2n) is 5.35. The number of amides is 1. The van der Waals surface area contributed by atoms with Gasteiger partial charge in [-0.05, 0) is 37.0 Å². The molecule has 0 spiro atoms. The van der Waals surface area contributed by atoms with Crippen LogP contribution in [0.4, 0.5) is 0 Å². The number of aromatic nitrogens is 1. The number of carbonyl (C=O) groups excluding carboxylic acids is 1. The molecule has 1 fully saturated rings. The maximum Gasteiger partial charge on any atom is 0.254 e. The summed E-state index contributed by atoms with van der Waals surface area (Å²) in [4.78, 5) is 18.5. The van der Waals surface area contributed by atoms with Crippen molar-refractivity contribution in [3.05, 3.63) is 64.9 Å². The SMILES string of the molecule is O=C(c1ccnc(Cl)c1)N1CCCC1Cc1ccccc1. The Bertz CT molecular complexity index is 630. The predicted molar refractivity (Wildman–Crippen MR) is 83.5 cm³/mol. The molecule has 1 aliphatic heterocycles. The second-order valence-corrected chi connectivity index (χ2v) is 5.74. The van der Waals surface area contributed by atoms with Gasteiger partial charge in [0.1, 0.15) is 5.15 Å². The highest BCUT2D eigenvalue weighted by Crippen LogP contribution is 2.23. The molecule has 2 aromatic rings. The van der Waals surface area contributed by atoms with Crippen LogP contribution in [0.15, 0.2) is 48.7 Å². The Labute approximate surface area is 129 Å². The summed E-state index contributed by atoms with van der Waals surface area (Å²) in [5.41, 5.74) is 1.89. The smallest absolute Gasteiger partial charge is 0.254 e. The molecule has 3 rings (SSSR count). The van der Waals surface area contributed by atoms with Crippen molar-refractivity contribution in [1.82, 2.24) is 9.88 Å². The van der Waals surface area contributed by atoms with Crippen molar-refractivity contribution in [3.8, 4) is 0 Å². The fraction of sp³-hybridized carbons (Fsp3) is 0.294. The molecule has 21 heavy (non-hydrogen) atoms. The van der Waals surface area contributed by atoms with Crippen LogP contribution in [-0.2, 0) is 6.42 Å². The van der Waals surface area contributed by atoms with Gasteiger partial charge in [-0.2, -0.15) is 0 Å². The summed E-state index contributed by atoms with van der Waals surface area (Å²) in [6, 6.07) is 14.0. The summed E-state index contributed by atoms with van der Waals surface area (Å²) >= 11 is 5.88. The number of pyridine rings is 1. The third-order valence-electron chi connectivity index (χ3n) is 3.93. The number of benzene rings is 1. The topological polar surface area (TPSA) is 33.2 Å². The normalized spacial score (nSPS) is 18.0. The first-order chi connectivity index (χ1) is 10.2. The van der Waals surface area contributed by atoms with Gasteiger partial charge in [-0.3, -0.25) is 4.79 Å². The summed E-state index contributed by atoms with van der Waals surface area (Å²) in [6.07, 6.45) is 4.60. The monoisotopic (exact) mass is 300 g/mol. The minimum atomic E-state index is 0.0535. The molecule has 1 saturated heterocycles. The molecule has 1 amide bonds. The molecule has 1 aromatic carbocycles. The molecule has 0 radical (unpaired) electrons. The number of nitrogens with zero attached hydrogens (tertiary/aromatic N) is 2. The molecular weight excluding hydrogens is 284 g/mol. The van der Waals surface area contributed by atoms with Crippen molar-refractivity contribution >= 4 is 17.5 Å². The lowest BCUT2D eigenvalue weighted by molar-refractivity contribution is 0.0736. The third-order valence-corrected chi connectivity index (χ3v) is 4.13. The van der Waals surface area contributed by atoms with E-state index in [2.05, 4.69) is 17.1 Å². The number of rotatable bonds is 3. The molecule has 3 nitrogen and oxygen atoms in total. The first kappa shape index (κ1) is 14.1. The molecule has 4 heteroatoms. The molecule has 0 aliphatic carbocycles. The van der Waals surface area contributed by atoms with Crippen molar-refractivity contribution in [2.75, 3.05) is 6.54 Å².